The molecule has 0 amide bonds. The summed E-state index contributed by atoms with van der Waals surface area (Å²) < 4.78 is 3.27. The van der Waals surface area contributed by atoms with Gasteiger partial charge in [-0.25, -0.2) is 19.2 Å². The lowest BCUT2D eigenvalue weighted by atomic mass is 10.00. The molecule has 0 bridgehead atoms. The van der Waals surface area contributed by atoms with Crippen LogP contribution >= 0.6 is 11.6 Å². The first kappa shape index (κ1) is 23.3. The van der Waals surface area contributed by atoms with Crippen LogP contribution in [0.4, 0.5) is 5.69 Å². The average molecular weight is 491 g/mol. The van der Waals surface area contributed by atoms with Gasteiger partial charge in [0.15, 0.2) is 5.65 Å². The van der Waals surface area contributed by atoms with Crippen molar-refractivity contribution in [3.05, 3.63) is 63.4 Å². The molecule has 1 unspecified atom stereocenters. The summed E-state index contributed by atoms with van der Waals surface area (Å²) in [6, 6.07) is 10.5. The Morgan fingerprint density at radius 1 is 1.17 bits per heavy atom. The van der Waals surface area contributed by atoms with E-state index >= 15 is 0 Å². The summed E-state index contributed by atoms with van der Waals surface area (Å²) in [6.07, 6.45) is 3.53. The van der Waals surface area contributed by atoms with Gasteiger partial charge < -0.3 is 4.90 Å². The molecule has 0 spiro atoms. The maximum atomic E-state index is 12.7. The van der Waals surface area contributed by atoms with Gasteiger partial charge in [0.25, 0.3) is 5.56 Å². The molecule has 10 heteroatoms. The molecule has 0 radical (unpaired) electrons. The Morgan fingerprint density at radius 2 is 1.97 bits per heavy atom. The Bertz CT molecular complexity index is 1520. The fourth-order valence-electron chi connectivity index (χ4n) is 5.07. The Labute approximate surface area is 208 Å². The van der Waals surface area contributed by atoms with Gasteiger partial charge in [0.2, 0.25) is 0 Å². The van der Waals surface area contributed by atoms with Crippen molar-refractivity contribution in [3.8, 4) is 6.07 Å². The van der Waals surface area contributed by atoms with Crippen molar-refractivity contribution in [2.45, 2.75) is 45.3 Å². The van der Waals surface area contributed by atoms with Crippen LogP contribution in [0.25, 0.3) is 16.7 Å². The Kier molecular flexibility index (Phi) is 5.95. The van der Waals surface area contributed by atoms with E-state index in [1.807, 2.05) is 6.07 Å². The molecule has 1 fully saturated rings. The zero-order chi connectivity index (χ0) is 24.9. The van der Waals surface area contributed by atoms with Crippen molar-refractivity contribution < 1.29 is 0 Å². The third kappa shape index (κ3) is 4.13. The summed E-state index contributed by atoms with van der Waals surface area (Å²) >= 11 is 6.06. The van der Waals surface area contributed by atoms with E-state index in [0.717, 1.165) is 35.4 Å². The predicted octanol–water partition coefficient (Wildman–Crippen LogP) is 3.36. The molecule has 35 heavy (non-hydrogen) atoms. The van der Waals surface area contributed by atoms with Crippen molar-refractivity contribution in [3.63, 3.8) is 0 Å². The summed E-state index contributed by atoms with van der Waals surface area (Å²) in [5.41, 5.74) is 4.81. The number of nitrogens with zero attached hydrogens (tertiary/aromatic N) is 8. The van der Waals surface area contributed by atoms with E-state index in [1.165, 1.54) is 4.68 Å². The van der Waals surface area contributed by atoms with Crippen molar-refractivity contribution in [2.24, 2.45) is 7.05 Å². The molecule has 0 N–H and O–H groups in total. The van der Waals surface area contributed by atoms with Crippen molar-refractivity contribution in [2.75, 3.05) is 18.0 Å². The second-order valence-corrected chi connectivity index (χ2v) is 9.68. The topological polar surface area (TPSA) is 95.4 Å². The quantitative estimate of drug-likeness (QED) is 0.433. The van der Waals surface area contributed by atoms with Gasteiger partial charge in [-0.1, -0.05) is 17.7 Å². The smallest absolute Gasteiger partial charge is 0.267 e. The van der Waals surface area contributed by atoms with Crippen LogP contribution in [0.2, 0.25) is 5.15 Å². The van der Waals surface area contributed by atoms with Gasteiger partial charge in [-0.15, -0.1) is 0 Å². The highest BCUT2D eigenvalue weighted by molar-refractivity contribution is 6.29. The second kappa shape index (κ2) is 8.95. The second-order valence-electron chi connectivity index (χ2n) is 9.29. The minimum atomic E-state index is -0.111. The fraction of sp³-hybridized carbons (Fsp3) is 0.400. The largest absolute Gasteiger partial charge is 0.363 e. The number of hydrogen-bond acceptors (Lipinski definition) is 7. The molecular weight excluding hydrogens is 464 g/mol. The van der Waals surface area contributed by atoms with E-state index < -0.39 is 0 Å². The summed E-state index contributed by atoms with van der Waals surface area (Å²) in [4.78, 5) is 30.9. The van der Waals surface area contributed by atoms with E-state index in [0.29, 0.717) is 16.5 Å². The lowest BCUT2D eigenvalue weighted by Gasteiger charge is -2.47. The van der Waals surface area contributed by atoms with Gasteiger partial charge >= 0.3 is 0 Å². The number of rotatable bonds is 4. The molecule has 3 aromatic heterocycles. The Morgan fingerprint density at radius 3 is 2.74 bits per heavy atom. The van der Waals surface area contributed by atoms with Crippen LogP contribution in [-0.2, 0) is 13.5 Å². The highest BCUT2D eigenvalue weighted by Crippen LogP contribution is 2.32. The number of nitriles is 1. The molecule has 180 valence electrons. The Hall–Kier alpha value is -3.48. The van der Waals surface area contributed by atoms with Crippen LogP contribution in [0.3, 0.4) is 0 Å². The minimum absolute atomic E-state index is 0.111. The standard InChI is InChI=1S/C25H27ClN8O/c1-15-13-33(22-10-24(35)31(4)34-14-19(7-8-27)29-25(22)34)16(2)12-32(15)17(3)18-5-6-20-21(9-18)30-23(26)11-28-20/h5-6,9-11,14-17H,7,12-13H2,1-4H3/t15-,16+,17?/m1/s1. The maximum Gasteiger partial charge on any atom is 0.267 e. The van der Waals surface area contributed by atoms with Gasteiger partial charge in [0.1, 0.15) is 5.15 Å². The lowest BCUT2D eigenvalue weighted by molar-refractivity contribution is 0.119. The molecular formula is C25H27ClN8O. The number of piperazine rings is 1. The molecule has 1 aliphatic heterocycles. The summed E-state index contributed by atoms with van der Waals surface area (Å²) in [5.74, 6) is 0. The molecule has 1 saturated heterocycles. The molecule has 1 aliphatic rings. The predicted molar refractivity (Wildman–Crippen MR) is 136 cm³/mol. The Balaban J connectivity index is 1.45. The zero-order valence-corrected chi connectivity index (χ0v) is 20.9. The number of hydrogen-bond donors (Lipinski definition) is 0. The molecule has 0 saturated carbocycles. The number of aryl methyl sites for hydroxylation is 1. The van der Waals surface area contributed by atoms with Gasteiger partial charge in [0.05, 0.1) is 47.3 Å². The van der Waals surface area contributed by atoms with Crippen LogP contribution in [0.1, 0.15) is 38.1 Å². The van der Waals surface area contributed by atoms with E-state index in [1.54, 1.807) is 30.0 Å². The first-order chi connectivity index (χ1) is 16.8. The van der Waals surface area contributed by atoms with E-state index in [4.69, 9.17) is 16.9 Å². The number of anilines is 1. The van der Waals surface area contributed by atoms with Crippen molar-refractivity contribution in [1.29, 1.82) is 5.26 Å². The third-order valence-electron chi connectivity index (χ3n) is 6.99. The van der Waals surface area contributed by atoms with Gasteiger partial charge in [-0.05, 0) is 38.5 Å². The van der Waals surface area contributed by atoms with Crippen LogP contribution in [0.15, 0.2) is 41.5 Å². The third-order valence-corrected chi connectivity index (χ3v) is 7.17. The number of imidazole rings is 1. The first-order valence-corrected chi connectivity index (χ1v) is 12.0. The highest BCUT2D eigenvalue weighted by atomic mass is 35.5. The van der Waals surface area contributed by atoms with Gasteiger partial charge in [-0.3, -0.25) is 14.7 Å². The average Bonchev–Trinajstić information content (AvgIpc) is 3.26. The molecule has 5 rings (SSSR count). The van der Waals surface area contributed by atoms with Crippen LogP contribution in [0, 0.1) is 11.3 Å². The highest BCUT2D eigenvalue weighted by Gasteiger charge is 2.34. The SMILES string of the molecule is CC(c1ccc2ncc(Cl)nc2c1)N1C[C@H](C)N(c2cc(=O)n(C)n3cc(CC#N)nc23)C[C@H]1C. The van der Waals surface area contributed by atoms with Crippen molar-refractivity contribution >= 4 is 34.0 Å². The fourth-order valence-corrected chi connectivity index (χ4v) is 5.21. The maximum absolute atomic E-state index is 12.7. The van der Waals surface area contributed by atoms with Crippen molar-refractivity contribution in [1.82, 2.24) is 29.0 Å². The molecule has 1 aromatic carbocycles. The van der Waals surface area contributed by atoms with Gasteiger partial charge in [-0.2, -0.15) is 5.26 Å². The number of benzene rings is 1. The first-order valence-electron chi connectivity index (χ1n) is 11.7. The zero-order valence-electron chi connectivity index (χ0n) is 20.2. The van der Waals surface area contributed by atoms with Crippen LogP contribution < -0.4 is 10.5 Å². The summed E-state index contributed by atoms with van der Waals surface area (Å²) in [6.45, 7) is 8.14. The normalized spacial score (nSPS) is 19.8. The van der Waals surface area contributed by atoms with Gasteiger partial charge in [0, 0.05) is 44.3 Å². The number of halogens is 1. The monoisotopic (exact) mass is 490 g/mol. The van der Waals surface area contributed by atoms with Crippen LogP contribution in [-0.4, -0.2) is 54.2 Å². The van der Waals surface area contributed by atoms with E-state index in [2.05, 4.69) is 63.7 Å². The van der Waals surface area contributed by atoms with Crippen LogP contribution in [0.5, 0.6) is 0 Å². The molecule has 4 aromatic rings. The lowest BCUT2D eigenvalue weighted by Crippen LogP contribution is -2.57. The van der Waals surface area contributed by atoms with E-state index in [9.17, 15) is 4.79 Å². The number of fused-ring (bicyclic) bond motifs is 2. The molecule has 4 heterocycles. The van der Waals surface area contributed by atoms with E-state index in [-0.39, 0.29) is 30.1 Å². The molecule has 3 atom stereocenters. The minimum Gasteiger partial charge on any atom is -0.363 e. The molecule has 0 aliphatic carbocycles. The summed E-state index contributed by atoms with van der Waals surface area (Å²) in [5, 5.41) is 9.50. The number of aromatic nitrogens is 5. The summed E-state index contributed by atoms with van der Waals surface area (Å²) in [7, 11) is 1.71. The molecule has 9 nitrogen and oxygen atoms in total.